The monoisotopic (exact) mass is 402 g/mol. The number of carbonyl (C=O) groups is 1. The Morgan fingerprint density at radius 3 is 1.66 bits per heavy atom. The second kappa shape index (κ2) is 18.7. The molecule has 0 saturated heterocycles. The lowest BCUT2D eigenvalue weighted by atomic mass is 10.0. The first-order valence-corrected chi connectivity index (χ1v) is 12.5. The van der Waals surface area contributed by atoms with Crippen molar-refractivity contribution >= 4 is 5.97 Å². The summed E-state index contributed by atoms with van der Waals surface area (Å²) in [4.78, 5) is 12.0. The summed E-state index contributed by atoms with van der Waals surface area (Å²) in [5, 5.41) is 0. The zero-order chi connectivity index (χ0) is 21.0. The van der Waals surface area contributed by atoms with Gasteiger partial charge in [0.1, 0.15) is 6.10 Å². The van der Waals surface area contributed by atoms with E-state index < -0.39 is 0 Å². The van der Waals surface area contributed by atoms with E-state index in [-0.39, 0.29) is 12.1 Å². The van der Waals surface area contributed by atoms with Crippen LogP contribution in [0.3, 0.4) is 0 Å². The van der Waals surface area contributed by atoms with Crippen LogP contribution in [0, 0.1) is 0 Å². The largest absolute Gasteiger partial charge is 0.462 e. The maximum absolute atomic E-state index is 12.0. The van der Waals surface area contributed by atoms with Gasteiger partial charge in [-0.05, 0) is 18.9 Å². The Kier molecular flexibility index (Phi) is 16.6. The van der Waals surface area contributed by atoms with Crippen LogP contribution in [0.4, 0.5) is 0 Å². The highest BCUT2D eigenvalue weighted by atomic mass is 16.5. The lowest BCUT2D eigenvalue weighted by molar-refractivity contribution is -0.148. The van der Waals surface area contributed by atoms with Crippen LogP contribution in [-0.2, 0) is 16.0 Å². The molecule has 1 aromatic rings. The van der Waals surface area contributed by atoms with E-state index in [1.807, 2.05) is 25.1 Å². The average Bonchev–Trinajstić information content (AvgIpc) is 2.71. The van der Waals surface area contributed by atoms with Gasteiger partial charge in [0.05, 0.1) is 0 Å². The molecule has 0 aromatic heterocycles. The van der Waals surface area contributed by atoms with Crippen LogP contribution in [0.1, 0.15) is 122 Å². The topological polar surface area (TPSA) is 26.3 Å². The maximum atomic E-state index is 12.0. The van der Waals surface area contributed by atoms with E-state index in [1.54, 1.807) is 0 Å². The quantitative estimate of drug-likeness (QED) is 0.171. The fraction of sp³-hybridized carbons (Fsp3) is 0.741. The van der Waals surface area contributed by atoms with Gasteiger partial charge in [0.2, 0.25) is 0 Å². The minimum atomic E-state index is -0.0405. The minimum Gasteiger partial charge on any atom is -0.462 e. The molecule has 1 aromatic carbocycles. The molecule has 0 aliphatic heterocycles. The van der Waals surface area contributed by atoms with Gasteiger partial charge in [-0.15, -0.1) is 0 Å². The molecular formula is C27H46O2. The van der Waals surface area contributed by atoms with E-state index in [1.165, 1.54) is 89.0 Å². The third-order valence-electron chi connectivity index (χ3n) is 5.68. The molecule has 0 heterocycles. The molecule has 0 spiro atoms. The summed E-state index contributed by atoms with van der Waals surface area (Å²) < 4.78 is 5.53. The number of benzene rings is 1. The third-order valence-corrected chi connectivity index (χ3v) is 5.68. The Hall–Kier alpha value is -1.31. The van der Waals surface area contributed by atoms with E-state index in [4.69, 9.17) is 4.74 Å². The Morgan fingerprint density at radius 1 is 0.724 bits per heavy atom. The second-order valence-electron chi connectivity index (χ2n) is 8.69. The smallest absolute Gasteiger partial charge is 0.306 e. The molecular weight excluding hydrogens is 356 g/mol. The van der Waals surface area contributed by atoms with Gasteiger partial charge in [0.25, 0.3) is 0 Å². The molecule has 0 aliphatic rings. The second-order valence-corrected chi connectivity index (χ2v) is 8.69. The number of hydrogen-bond donors (Lipinski definition) is 0. The van der Waals surface area contributed by atoms with Crippen LogP contribution in [-0.4, -0.2) is 12.1 Å². The molecule has 0 N–H and O–H groups in total. The lowest BCUT2D eigenvalue weighted by Crippen LogP contribution is -2.17. The van der Waals surface area contributed by atoms with Crippen LogP contribution in [0.2, 0.25) is 0 Å². The van der Waals surface area contributed by atoms with E-state index in [9.17, 15) is 4.79 Å². The number of rotatable bonds is 19. The fourth-order valence-corrected chi connectivity index (χ4v) is 3.91. The van der Waals surface area contributed by atoms with Crippen molar-refractivity contribution in [3.8, 4) is 0 Å². The molecule has 0 radical (unpaired) electrons. The zero-order valence-corrected chi connectivity index (χ0v) is 19.3. The minimum absolute atomic E-state index is 0.0388. The summed E-state index contributed by atoms with van der Waals surface area (Å²) >= 11 is 0. The molecule has 0 amide bonds. The first-order valence-electron chi connectivity index (χ1n) is 12.5. The molecule has 0 unspecified atom stereocenters. The number of esters is 1. The average molecular weight is 403 g/mol. The van der Waals surface area contributed by atoms with Crippen LogP contribution in [0.5, 0.6) is 0 Å². The Labute approximate surface area is 180 Å². The van der Waals surface area contributed by atoms with Crippen molar-refractivity contribution in [1.29, 1.82) is 0 Å². The SMILES string of the molecule is CCCCCCCCCCCCCCCCCC(=O)O[C@H](C)Cc1ccccc1. The van der Waals surface area contributed by atoms with Crippen molar-refractivity contribution < 1.29 is 9.53 Å². The molecule has 0 saturated carbocycles. The predicted molar refractivity (Wildman–Crippen MR) is 125 cm³/mol. The van der Waals surface area contributed by atoms with Gasteiger partial charge in [-0.3, -0.25) is 4.79 Å². The summed E-state index contributed by atoms with van der Waals surface area (Å²) in [6.45, 7) is 4.26. The number of ether oxygens (including phenoxy) is 1. The molecule has 2 nitrogen and oxygen atoms in total. The zero-order valence-electron chi connectivity index (χ0n) is 19.3. The third kappa shape index (κ3) is 16.2. The number of hydrogen-bond acceptors (Lipinski definition) is 2. The highest BCUT2D eigenvalue weighted by Gasteiger charge is 2.09. The molecule has 2 heteroatoms. The summed E-state index contributed by atoms with van der Waals surface area (Å²) in [5.74, 6) is -0.0388. The van der Waals surface area contributed by atoms with E-state index in [2.05, 4.69) is 19.1 Å². The van der Waals surface area contributed by atoms with Crippen molar-refractivity contribution in [2.24, 2.45) is 0 Å². The predicted octanol–water partition coefficient (Wildman–Crippen LogP) is 8.42. The van der Waals surface area contributed by atoms with Gasteiger partial charge < -0.3 is 4.74 Å². The van der Waals surface area contributed by atoms with Crippen LogP contribution < -0.4 is 0 Å². The molecule has 0 fully saturated rings. The van der Waals surface area contributed by atoms with Crippen molar-refractivity contribution in [3.05, 3.63) is 35.9 Å². The van der Waals surface area contributed by atoms with Gasteiger partial charge in [-0.2, -0.15) is 0 Å². The Balaban J connectivity index is 1.83. The van der Waals surface area contributed by atoms with E-state index in [0.29, 0.717) is 6.42 Å². The lowest BCUT2D eigenvalue weighted by Gasteiger charge is -2.13. The summed E-state index contributed by atoms with van der Waals surface area (Å²) in [5.41, 5.74) is 1.22. The first kappa shape index (κ1) is 25.7. The molecule has 1 rings (SSSR count). The molecule has 29 heavy (non-hydrogen) atoms. The number of carbonyl (C=O) groups excluding carboxylic acids is 1. The van der Waals surface area contributed by atoms with Gasteiger partial charge in [0.15, 0.2) is 0 Å². The van der Waals surface area contributed by atoms with Crippen LogP contribution in [0.15, 0.2) is 30.3 Å². The molecule has 0 aliphatic carbocycles. The highest BCUT2D eigenvalue weighted by molar-refractivity contribution is 5.69. The van der Waals surface area contributed by atoms with Crippen molar-refractivity contribution in [3.63, 3.8) is 0 Å². The fourth-order valence-electron chi connectivity index (χ4n) is 3.91. The van der Waals surface area contributed by atoms with Crippen molar-refractivity contribution in [2.75, 3.05) is 0 Å². The molecule has 0 bridgehead atoms. The summed E-state index contributed by atoms with van der Waals surface area (Å²) in [6, 6.07) is 10.2. The van der Waals surface area contributed by atoms with Crippen LogP contribution >= 0.6 is 0 Å². The number of unbranched alkanes of at least 4 members (excludes halogenated alkanes) is 14. The Morgan fingerprint density at radius 2 is 1.17 bits per heavy atom. The molecule has 166 valence electrons. The van der Waals surface area contributed by atoms with Gasteiger partial charge >= 0.3 is 5.97 Å². The van der Waals surface area contributed by atoms with Gasteiger partial charge in [0, 0.05) is 12.8 Å². The maximum Gasteiger partial charge on any atom is 0.306 e. The van der Waals surface area contributed by atoms with Crippen molar-refractivity contribution in [1.82, 2.24) is 0 Å². The van der Waals surface area contributed by atoms with E-state index >= 15 is 0 Å². The standard InChI is InChI=1S/C27H46O2/c1-3-4-5-6-7-8-9-10-11-12-13-14-15-16-20-23-27(28)29-25(2)24-26-21-18-17-19-22-26/h17-19,21-22,25H,3-16,20,23-24H2,1-2H3/t25-/m1/s1. The summed E-state index contributed by atoms with van der Waals surface area (Å²) in [6.07, 6.45) is 21.5. The normalized spacial score (nSPS) is 12.1. The van der Waals surface area contributed by atoms with Crippen LogP contribution in [0.25, 0.3) is 0 Å². The first-order chi connectivity index (χ1) is 14.2. The van der Waals surface area contributed by atoms with Gasteiger partial charge in [-0.25, -0.2) is 0 Å². The van der Waals surface area contributed by atoms with E-state index in [0.717, 1.165) is 19.3 Å². The Bertz CT molecular complexity index is 483. The van der Waals surface area contributed by atoms with Crippen molar-refractivity contribution in [2.45, 2.75) is 129 Å². The molecule has 1 atom stereocenters. The van der Waals surface area contributed by atoms with Gasteiger partial charge in [-0.1, -0.05) is 127 Å². The summed E-state index contributed by atoms with van der Waals surface area (Å²) in [7, 11) is 0. The highest BCUT2D eigenvalue weighted by Crippen LogP contribution is 2.14.